The van der Waals surface area contributed by atoms with Crippen LogP contribution >= 0.6 is 0 Å². The van der Waals surface area contributed by atoms with E-state index in [2.05, 4.69) is 44.7 Å². The molecule has 0 aromatic carbocycles. The summed E-state index contributed by atoms with van der Waals surface area (Å²) < 4.78 is 10.1. The fraction of sp³-hybridized carbons (Fsp3) is 0.440. The zero-order chi connectivity index (χ0) is 21.2. The standard InChI is InChI=1S/C25H32O4/c1-18(8-5-9-19(2)11-7-13-22-14-15-28-17-22)10-6-12-20(3)16-23-24(26)21(4)25(27)29-23/h5,8-9,12,14-15,17-18,23H,4,6-7,10-11,13,16H2,1-3H3/b8-5+,19-9+,20-12+. The Morgan fingerprint density at radius 2 is 2.07 bits per heavy atom. The Balaban J connectivity index is 1.65. The number of rotatable bonds is 11. The van der Waals surface area contributed by atoms with Crippen LogP contribution in [0.25, 0.3) is 0 Å². The number of carbonyl (C=O) groups excluding carboxylic acids is 2. The molecule has 29 heavy (non-hydrogen) atoms. The zero-order valence-electron chi connectivity index (χ0n) is 17.8. The molecule has 1 fully saturated rings. The normalized spacial score (nSPS) is 19.3. The maximum absolute atomic E-state index is 11.8. The maximum atomic E-state index is 11.8. The van der Waals surface area contributed by atoms with Crippen molar-refractivity contribution in [3.63, 3.8) is 0 Å². The highest BCUT2D eigenvalue weighted by Gasteiger charge is 2.36. The summed E-state index contributed by atoms with van der Waals surface area (Å²) in [5, 5.41) is 0. The lowest BCUT2D eigenvalue weighted by Crippen LogP contribution is -2.16. The number of hydrogen-bond acceptors (Lipinski definition) is 4. The molecule has 0 saturated carbocycles. The highest BCUT2D eigenvalue weighted by atomic mass is 16.6. The van der Waals surface area contributed by atoms with E-state index in [4.69, 9.17) is 9.15 Å². The molecule has 2 atom stereocenters. The van der Waals surface area contributed by atoms with E-state index in [-0.39, 0.29) is 11.4 Å². The fourth-order valence-corrected chi connectivity index (χ4v) is 3.25. The van der Waals surface area contributed by atoms with E-state index in [1.54, 1.807) is 6.26 Å². The van der Waals surface area contributed by atoms with Crippen LogP contribution in [-0.4, -0.2) is 17.9 Å². The van der Waals surface area contributed by atoms with Gasteiger partial charge in [-0.2, -0.15) is 0 Å². The number of Topliss-reactive ketones (excluding diaryl/α,β-unsaturated/α-hetero) is 1. The molecular formula is C25H32O4. The van der Waals surface area contributed by atoms with Crippen molar-refractivity contribution in [1.82, 2.24) is 0 Å². The molecule has 0 aliphatic carbocycles. The van der Waals surface area contributed by atoms with E-state index in [0.29, 0.717) is 12.3 Å². The summed E-state index contributed by atoms with van der Waals surface area (Å²) in [5.74, 6) is -0.401. The zero-order valence-corrected chi connectivity index (χ0v) is 17.8. The monoisotopic (exact) mass is 396 g/mol. The van der Waals surface area contributed by atoms with Crippen LogP contribution in [0.4, 0.5) is 0 Å². The Bertz CT molecular complexity index is 793. The molecule has 1 aromatic heterocycles. The van der Waals surface area contributed by atoms with Gasteiger partial charge < -0.3 is 9.15 Å². The molecule has 4 heteroatoms. The van der Waals surface area contributed by atoms with Crippen molar-refractivity contribution in [2.75, 3.05) is 0 Å². The third-order valence-electron chi connectivity index (χ3n) is 5.14. The molecule has 1 saturated heterocycles. The van der Waals surface area contributed by atoms with Crippen LogP contribution in [-0.2, 0) is 20.7 Å². The van der Waals surface area contributed by atoms with Crippen LogP contribution in [0.1, 0.15) is 58.4 Å². The van der Waals surface area contributed by atoms with E-state index >= 15 is 0 Å². The third-order valence-corrected chi connectivity index (χ3v) is 5.14. The third kappa shape index (κ3) is 7.72. The molecule has 156 valence electrons. The molecule has 0 amide bonds. The number of hydrogen-bond donors (Lipinski definition) is 0. The number of cyclic esters (lactones) is 1. The van der Waals surface area contributed by atoms with Crippen LogP contribution in [0.5, 0.6) is 0 Å². The van der Waals surface area contributed by atoms with Crippen LogP contribution < -0.4 is 0 Å². The highest BCUT2D eigenvalue weighted by Crippen LogP contribution is 2.21. The van der Waals surface area contributed by atoms with Gasteiger partial charge in [0.15, 0.2) is 6.10 Å². The number of furan rings is 1. The molecule has 1 aliphatic rings. The van der Waals surface area contributed by atoms with Gasteiger partial charge >= 0.3 is 5.97 Å². The van der Waals surface area contributed by atoms with Gasteiger partial charge in [0.05, 0.1) is 18.1 Å². The van der Waals surface area contributed by atoms with Gasteiger partial charge in [0.25, 0.3) is 0 Å². The molecule has 0 spiro atoms. The Hall–Kier alpha value is -2.62. The van der Waals surface area contributed by atoms with Gasteiger partial charge in [-0.15, -0.1) is 0 Å². The number of aryl methyl sites for hydroxylation is 1. The van der Waals surface area contributed by atoms with Crippen molar-refractivity contribution in [3.8, 4) is 0 Å². The first-order valence-corrected chi connectivity index (χ1v) is 10.3. The second-order valence-corrected chi connectivity index (χ2v) is 7.93. The van der Waals surface area contributed by atoms with E-state index in [1.165, 1.54) is 11.1 Å². The summed E-state index contributed by atoms with van der Waals surface area (Å²) in [5.41, 5.74) is 3.66. The SMILES string of the molecule is C=C1C(=O)OC(C/C(C)=C/CCC(C)/C=C/C=C(\C)CCCc2ccoc2)C1=O. The fourth-order valence-electron chi connectivity index (χ4n) is 3.25. The molecule has 4 nitrogen and oxygen atoms in total. The quantitative estimate of drug-likeness (QED) is 0.153. The maximum Gasteiger partial charge on any atom is 0.342 e. The molecule has 0 bridgehead atoms. The van der Waals surface area contributed by atoms with Crippen molar-refractivity contribution in [2.45, 2.75) is 65.4 Å². The molecule has 2 heterocycles. The molecule has 0 radical (unpaired) electrons. The lowest BCUT2D eigenvalue weighted by molar-refractivity contribution is -0.140. The van der Waals surface area contributed by atoms with Crippen molar-refractivity contribution in [2.24, 2.45) is 5.92 Å². The number of esters is 1. The Morgan fingerprint density at radius 1 is 1.28 bits per heavy atom. The Morgan fingerprint density at radius 3 is 2.72 bits per heavy atom. The van der Waals surface area contributed by atoms with Gasteiger partial charge in [0.1, 0.15) is 0 Å². The average molecular weight is 397 g/mol. The van der Waals surface area contributed by atoms with Crippen LogP contribution in [0.15, 0.2) is 70.6 Å². The molecule has 1 aliphatic heterocycles. The van der Waals surface area contributed by atoms with Crippen molar-refractivity contribution >= 4 is 11.8 Å². The minimum atomic E-state index is -0.690. The van der Waals surface area contributed by atoms with E-state index in [0.717, 1.165) is 37.7 Å². The topological polar surface area (TPSA) is 56.5 Å². The second-order valence-electron chi connectivity index (χ2n) is 7.93. The van der Waals surface area contributed by atoms with Crippen molar-refractivity contribution in [1.29, 1.82) is 0 Å². The number of ether oxygens (including phenoxy) is 1. The first-order chi connectivity index (χ1) is 13.9. The smallest absolute Gasteiger partial charge is 0.342 e. The van der Waals surface area contributed by atoms with E-state index in [1.807, 2.05) is 19.3 Å². The van der Waals surface area contributed by atoms with Crippen molar-refractivity contribution in [3.05, 3.63) is 71.8 Å². The molecule has 2 unspecified atom stereocenters. The lowest BCUT2D eigenvalue weighted by Gasteiger charge is -2.08. The Kier molecular flexibility index (Phi) is 8.91. The van der Waals surface area contributed by atoms with E-state index < -0.39 is 12.1 Å². The van der Waals surface area contributed by atoms with Crippen LogP contribution in [0.2, 0.25) is 0 Å². The Labute approximate surface area is 174 Å². The number of ketones is 1. The van der Waals surface area contributed by atoms with E-state index in [9.17, 15) is 9.59 Å². The first kappa shape index (κ1) is 22.7. The van der Waals surface area contributed by atoms with Gasteiger partial charge in [-0.1, -0.05) is 49.0 Å². The summed E-state index contributed by atoms with van der Waals surface area (Å²) in [6.45, 7) is 9.81. The largest absolute Gasteiger partial charge is 0.472 e. The number of allylic oxidation sites excluding steroid dienone is 5. The van der Waals surface area contributed by atoms with Gasteiger partial charge in [-0.05, 0) is 63.5 Å². The summed E-state index contributed by atoms with van der Waals surface area (Å²) >= 11 is 0. The van der Waals surface area contributed by atoms with Crippen molar-refractivity contribution < 1.29 is 18.7 Å². The summed E-state index contributed by atoms with van der Waals surface area (Å²) in [7, 11) is 0. The van der Waals surface area contributed by atoms with Gasteiger partial charge in [-0.25, -0.2) is 4.79 Å². The predicted molar refractivity (Wildman–Crippen MR) is 115 cm³/mol. The molecular weight excluding hydrogens is 364 g/mol. The highest BCUT2D eigenvalue weighted by molar-refractivity contribution is 6.22. The molecule has 1 aromatic rings. The van der Waals surface area contributed by atoms with Gasteiger partial charge in [0, 0.05) is 6.42 Å². The summed E-state index contributed by atoms with van der Waals surface area (Å²) in [6.07, 6.45) is 17.2. The average Bonchev–Trinajstić information content (AvgIpc) is 3.27. The summed E-state index contributed by atoms with van der Waals surface area (Å²) in [6, 6.07) is 2.02. The first-order valence-electron chi connectivity index (χ1n) is 10.3. The lowest BCUT2D eigenvalue weighted by atomic mass is 10.0. The predicted octanol–water partition coefficient (Wildman–Crippen LogP) is 5.91. The number of carbonyl (C=O) groups is 2. The second kappa shape index (κ2) is 11.4. The van der Waals surface area contributed by atoms with Crippen LogP contribution in [0.3, 0.4) is 0 Å². The van der Waals surface area contributed by atoms with Crippen LogP contribution in [0, 0.1) is 5.92 Å². The van der Waals surface area contributed by atoms with Gasteiger partial charge in [-0.3, -0.25) is 4.79 Å². The molecule has 2 rings (SSSR count). The molecule has 0 N–H and O–H groups in total. The summed E-state index contributed by atoms with van der Waals surface area (Å²) in [4.78, 5) is 23.2. The minimum Gasteiger partial charge on any atom is -0.472 e. The minimum absolute atomic E-state index is 0.0358. The van der Waals surface area contributed by atoms with Gasteiger partial charge in [0.2, 0.25) is 5.78 Å².